The summed E-state index contributed by atoms with van der Waals surface area (Å²) in [7, 11) is 0. The number of hydrogen-bond donors (Lipinski definition) is 0. The molecule has 1 aromatic carbocycles. The molecular formula is C25H26ClN3O9S2. The molecule has 0 aliphatic carbocycles. The Balaban J connectivity index is 1.91. The van der Waals surface area contributed by atoms with Gasteiger partial charge in [0.1, 0.15) is 12.7 Å². The normalized spacial score (nSPS) is 22.5. The highest BCUT2D eigenvalue weighted by molar-refractivity contribution is 7.98. The van der Waals surface area contributed by atoms with Gasteiger partial charge in [-0.05, 0) is 12.3 Å². The van der Waals surface area contributed by atoms with Crippen molar-refractivity contribution in [2.75, 3.05) is 12.9 Å². The van der Waals surface area contributed by atoms with E-state index in [9.17, 15) is 19.2 Å². The van der Waals surface area contributed by atoms with E-state index < -0.39 is 54.5 Å². The summed E-state index contributed by atoms with van der Waals surface area (Å²) in [6.45, 7) is 4.35. The minimum atomic E-state index is -1.34. The quantitative estimate of drug-likeness (QED) is 0.207. The summed E-state index contributed by atoms with van der Waals surface area (Å²) in [4.78, 5) is 48.8. The minimum Gasteiger partial charge on any atom is -0.463 e. The van der Waals surface area contributed by atoms with E-state index in [1.54, 1.807) is 10.8 Å². The van der Waals surface area contributed by atoms with Gasteiger partial charge in [0.05, 0.1) is 9.90 Å². The number of aromatic nitrogens is 3. The van der Waals surface area contributed by atoms with Crippen LogP contribution in [0.15, 0.2) is 29.4 Å². The monoisotopic (exact) mass is 611 g/mol. The Morgan fingerprint density at radius 3 is 2.17 bits per heavy atom. The SMILES string of the molecule is CSc1nnc(-c2sc3ccccc3c2Cl)n1[C@@H]1O[C@H](COC(C)=O)[C@H](OC(C)=O)[C@H](OC(C)=O)[C@H]1OC(C)=O. The number of carbonyl (C=O) groups excluding carboxylic acids is 4. The topological polar surface area (TPSA) is 145 Å². The average molecular weight is 612 g/mol. The smallest absolute Gasteiger partial charge is 0.303 e. The molecule has 0 unspecified atom stereocenters. The van der Waals surface area contributed by atoms with E-state index in [4.69, 9.17) is 35.3 Å². The van der Waals surface area contributed by atoms with Crippen molar-refractivity contribution in [3.63, 3.8) is 0 Å². The van der Waals surface area contributed by atoms with Gasteiger partial charge in [-0.2, -0.15) is 0 Å². The summed E-state index contributed by atoms with van der Waals surface area (Å²) in [5.74, 6) is -2.47. The van der Waals surface area contributed by atoms with Crippen molar-refractivity contribution in [3.8, 4) is 10.7 Å². The van der Waals surface area contributed by atoms with Gasteiger partial charge in [0.25, 0.3) is 0 Å². The van der Waals surface area contributed by atoms with Crippen LogP contribution < -0.4 is 0 Å². The predicted molar refractivity (Wildman–Crippen MR) is 145 cm³/mol. The first-order valence-corrected chi connectivity index (χ1v) is 14.4. The Morgan fingerprint density at radius 2 is 1.57 bits per heavy atom. The van der Waals surface area contributed by atoms with Crippen molar-refractivity contribution in [2.45, 2.75) is 63.5 Å². The molecule has 0 amide bonds. The molecule has 40 heavy (non-hydrogen) atoms. The highest BCUT2D eigenvalue weighted by atomic mass is 35.5. The number of carbonyl (C=O) groups is 4. The molecule has 214 valence electrons. The summed E-state index contributed by atoms with van der Waals surface area (Å²) in [6.07, 6.45) is -4.53. The molecule has 3 aromatic rings. The largest absolute Gasteiger partial charge is 0.463 e. The van der Waals surface area contributed by atoms with Crippen molar-refractivity contribution in [3.05, 3.63) is 29.3 Å². The third-order valence-corrected chi connectivity index (χ3v) is 8.12. The fourth-order valence-electron chi connectivity index (χ4n) is 4.37. The Kier molecular flexibility index (Phi) is 9.33. The zero-order chi connectivity index (χ0) is 29.1. The van der Waals surface area contributed by atoms with Crippen molar-refractivity contribution in [2.24, 2.45) is 0 Å². The van der Waals surface area contributed by atoms with E-state index in [0.29, 0.717) is 20.9 Å². The molecule has 0 spiro atoms. The number of halogens is 1. The molecule has 4 rings (SSSR count). The number of fused-ring (bicyclic) bond motifs is 1. The predicted octanol–water partition coefficient (Wildman–Crippen LogP) is 3.79. The molecule has 0 bridgehead atoms. The van der Waals surface area contributed by atoms with Gasteiger partial charge in [-0.25, -0.2) is 0 Å². The number of thiophene rings is 1. The van der Waals surface area contributed by atoms with Gasteiger partial charge in [-0.1, -0.05) is 41.6 Å². The zero-order valence-corrected chi connectivity index (χ0v) is 24.5. The first kappa shape index (κ1) is 29.8. The summed E-state index contributed by atoms with van der Waals surface area (Å²) in [5.41, 5.74) is 0. The summed E-state index contributed by atoms with van der Waals surface area (Å²) < 4.78 is 30.7. The molecule has 1 aliphatic rings. The molecule has 1 fully saturated rings. The molecule has 1 saturated heterocycles. The molecule has 15 heteroatoms. The second kappa shape index (κ2) is 12.5. The molecule has 1 aliphatic heterocycles. The lowest BCUT2D eigenvalue weighted by Crippen LogP contribution is -2.60. The molecule has 3 heterocycles. The Morgan fingerprint density at radius 1 is 0.950 bits per heavy atom. The fraction of sp³-hybridized carbons (Fsp3) is 0.440. The number of nitrogens with zero attached hydrogens (tertiary/aromatic N) is 3. The summed E-state index contributed by atoms with van der Waals surface area (Å²) >= 11 is 9.39. The van der Waals surface area contributed by atoms with E-state index in [0.717, 1.165) is 23.9 Å². The van der Waals surface area contributed by atoms with Crippen LogP contribution in [0.5, 0.6) is 0 Å². The standard InChI is InChI=1S/C25H26ClN3O9S2/c1-11(30)34-10-16-19(35-12(2)31)20(36-13(3)32)21(37-14(4)33)24(38-16)29-23(27-28-25(29)39-5)22-18(26)15-8-6-7-9-17(15)40-22/h6-9,16,19-21,24H,10H2,1-5H3/t16-,19+,20+,21-,24-/m1/s1. The Bertz CT molecular complexity index is 1440. The first-order chi connectivity index (χ1) is 19.0. The van der Waals surface area contributed by atoms with Gasteiger partial charge in [0, 0.05) is 37.8 Å². The van der Waals surface area contributed by atoms with Gasteiger partial charge in [0.15, 0.2) is 35.5 Å². The minimum absolute atomic E-state index is 0.302. The van der Waals surface area contributed by atoms with Crippen LogP contribution in [0.3, 0.4) is 0 Å². The van der Waals surface area contributed by atoms with Gasteiger partial charge in [0.2, 0.25) is 0 Å². The van der Waals surface area contributed by atoms with Crippen LogP contribution in [-0.2, 0) is 42.9 Å². The summed E-state index contributed by atoms with van der Waals surface area (Å²) in [5, 5.41) is 10.3. The highest BCUT2D eigenvalue weighted by Crippen LogP contribution is 2.45. The van der Waals surface area contributed by atoms with Crippen LogP contribution in [0, 0.1) is 0 Å². The van der Waals surface area contributed by atoms with E-state index in [2.05, 4.69) is 10.2 Å². The van der Waals surface area contributed by atoms with Crippen molar-refractivity contribution < 1.29 is 42.9 Å². The zero-order valence-electron chi connectivity index (χ0n) is 22.1. The molecule has 12 nitrogen and oxygen atoms in total. The summed E-state index contributed by atoms with van der Waals surface area (Å²) in [6, 6.07) is 7.54. The van der Waals surface area contributed by atoms with Gasteiger partial charge >= 0.3 is 23.9 Å². The third kappa shape index (κ3) is 6.24. The maximum Gasteiger partial charge on any atom is 0.303 e. The maximum atomic E-state index is 12.3. The highest BCUT2D eigenvalue weighted by Gasteiger charge is 2.54. The van der Waals surface area contributed by atoms with E-state index in [-0.39, 0.29) is 6.61 Å². The lowest BCUT2D eigenvalue weighted by molar-refractivity contribution is -0.269. The second-order valence-corrected chi connectivity index (χ2v) is 10.9. The van der Waals surface area contributed by atoms with Gasteiger partial charge in [-0.3, -0.25) is 23.7 Å². The van der Waals surface area contributed by atoms with Crippen LogP contribution >= 0.6 is 34.7 Å². The van der Waals surface area contributed by atoms with Crippen LogP contribution in [0.4, 0.5) is 0 Å². The van der Waals surface area contributed by atoms with Crippen molar-refractivity contribution in [1.29, 1.82) is 0 Å². The number of esters is 4. The second-order valence-electron chi connectivity index (χ2n) is 8.71. The van der Waals surface area contributed by atoms with Crippen LogP contribution in [0.25, 0.3) is 20.8 Å². The molecule has 0 N–H and O–H groups in total. The van der Waals surface area contributed by atoms with E-state index in [1.807, 2.05) is 24.3 Å². The number of hydrogen-bond acceptors (Lipinski definition) is 13. The first-order valence-electron chi connectivity index (χ1n) is 12.0. The van der Waals surface area contributed by atoms with Crippen molar-refractivity contribution in [1.82, 2.24) is 14.8 Å². The number of rotatable bonds is 8. The molecule has 0 saturated carbocycles. The fourth-order valence-corrected chi connectivity index (χ4v) is 6.38. The molecule has 0 radical (unpaired) electrons. The van der Waals surface area contributed by atoms with Gasteiger partial charge in [-0.15, -0.1) is 21.5 Å². The number of thioether (sulfide) groups is 1. The third-order valence-electron chi connectivity index (χ3n) is 5.81. The van der Waals surface area contributed by atoms with E-state index in [1.165, 1.54) is 36.9 Å². The Labute approximate surface area is 242 Å². The lowest BCUT2D eigenvalue weighted by atomic mass is 9.97. The van der Waals surface area contributed by atoms with Crippen molar-refractivity contribution >= 4 is 68.7 Å². The number of ether oxygens (including phenoxy) is 5. The Hall–Kier alpha value is -3.20. The van der Waals surface area contributed by atoms with Crippen LogP contribution in [-0.4, -0.2) is 75.9 Å². The maximum absolute atomic E-state index is 12.3. The lowest BCUT2D eigenvalue weighted by Gasteiger charge is -2.44. The molecular weight excluding hydrogens is 586 g/mol. The van der Waals surface area contributed by atoms with E-state index >= 15 is 0 Å². The van der Waals surface area contributed by atoms with Crippen LogP contribution in [0.2, 0.25) is 5.02 Å². The average Bonchev–Trinajstić information content (AvgIpc) is 3.45. The van der Waals surface area contributed by atoms with Gasteiger partial charge < -0.3 is 23.7 Å². The van der Waals surface area contributed by atoms with Crippen LogP contribution in [0.1, 0.15) is 33.9 Å². The molecule has 5 atom stereocenters. The number of benzene rings is 1. The molecule has 2 aromatic heterocycles.